The van der Waals surface area contributed by atoms with E-state index in [1.165, 1.54) is 0 Å². The van der Waals surface area contributed by atoms with E-state index in [9.17, 15) is 23.1 Å². The number of hydrogen-bond donors (Lipinski definition) is 4. The Morgan fingerprint density at radius 2 is 2.08 bits per heavy atom. The maximum absolute atomic E-state index is 15.0. The number of piperidine rings is 1. The van der Waals surface area contributed by atoms with Crippen molar-refractivity contribution in [2.75, 3.05) is 5.32 Å². The summed E-state index contributed by atoms with van der Waals surface area (Å²) in [5.74, 6) is -0.634. The van der Waals surface area contributed by atoms with Crippen molar-refractivity contribution in [3.63, 3.8) is 0 Å². The highest BCUT2D eigenvalue weighted by atomic mass is 32.2. The van der Waals surface area contributed by atoms with Crippen LogP contribution in [-0.2, 0) is 4.79 Å². The second-order valence-corrected chi connectivity index (χ2v) is 11.3. The molecule has 0 unspecified atom stereocenters. The van der Waals surface area contributed by atoms with Crippen LogP contribution in [0.3, 0.4) is 0 Å². The Morgan fingerprint density at radius 3 is 2.83 bits per heavy atom. The van der Waals surface area contributed by atoms with Crippen LogP contribution in [0.2, 0.25) is 0 Å². The number of anilines is 1. The number of fused-ring (bicyclic) bond motifs is 3. The normalized spacial score (nSPS) is 30.2. The van der Waals surface area contributed by atoms with Crippen LogP contribution in [0.1, 0.15) is 37.6 Å². The number of alkyl halides is 4. The van der Waals surface area contributed by atoms with Gasteiger partial charge in [-0.1, -0.05) is 17.3 Å². The Hall–Kier alpha value is -2.42. The predicted octanol–water partition coefficient (Wildman–Crippen LogP) is 4.13. The monoisotopic (exact) mass is 543 g/mol. The van der Waals surface area contributed by atoms with Crippen LogP contribution in [0.5, 0.6) is 0 Å². The average Bonchev–Trinajstić information content (AvgIpc) is 3.59. The minimum Gasteiger partial charge on any atom is -0.383 e. The molecule has 4 N–H and O–H groups in total. The Kier molecular flexibility index (Phi) is 5.89. The summed E-state index contributed by atoms with van der Waals surface area (Å²) >= 11 is 0.799. The number of carbonyl (C=O) groups excluding carboxylic acids is 1. The molecule has 3 aliphatic rings. The first-order valence-electron chi connectivity index (χ1n) is 11.5. The second-order valence-electron chi connectivity index (χ2n) is 9.24. The van der Waals surface area contributed by atoms with Crippen LogP contribution >= 0.6 is 23.1 Å². The summed E-state index contributed by atoms with van der Waals surface area (Å²) in [6.07, 6.45) is -0.0511. The highest BCUT2D eigenvalue weighted by Gasteiger charge is 2.42. The standard InChI is InChI=1S/C22H21F4N5O3S2/c23-15-10-5-4-8(27-10)6-12(15)28-11-3-1-2-9-16(11)35-18(17(9)36-22(24,25)26)19-30-21(34-31-19)13-7-14(32)20(33)29-13/h1-3,8,10,12-15,27-28,32H,4-7H2,(H,29,33)/t8-,10+,12-,13-,14-,15+/m1/s1. The Morgan fingerprint density at radius 1 is 1.25 bits per heavy atom. The van der Waals surface area contributed by atoms with Gasteiger partial charge in [0, 0.05) is 28.8 Å². The number of hydrogen-bond acceptors (Lipinski definition) is 9. The molecule has 36 heavy (non-hydrogen) atoms. The van der Waals surface area contributed by atoms with Crippen LogP contribution in [-0.4, -0.2) is 57.1 Å². The molecule has 1 amide bonds. The zero-order valence-corrected chi connectivity index (χ0v) is 20.1. The molecule has 2 bridgehead atoms. The summed E-state index contributed by atoms with van der Waals surface area (Å²) in [6, 6.07) is 3.79. The van der Waals surface area contributed by atoms with Gasteiger partial charge in [0.1, 0.15) is 18.3 Å². The van der Waals surface area contributed by atoms with Crippen molar-refractivity contribution in [1.82, 2.24) is 20.8 Å². The number of benzene rings is 1. The molecule has 0 radical (unpaired) electrons. The van der Waals surface area contributed by atoms with Gasteiger partial charge in [0.25, 0.3) is 0 Å². The molecule has 6 atom stereocenters. The second kappa shape index (κ2) is 8.85. The van der Waals surface area contributed by atoms with Gasteiger partial charge in [-0.15, -0.1) is 11.3 Å². The van der Waals surface area contributed by atoms with Crippen molar-refractivity contribution in [2.45, 2.75) is 72.5 Å². The number of thioether (sulfide) groups is 1. The summed E-state index contributed by atoms with van der Waals surface area (Å²) in [7, 11) is 0. The van der Waals surface area contributed by atoms with Crippen molar-refractivity contribution < 1.29 is 32.0 Å². The molecule has 192 valence electrons. The Bertz CT molecular complexity index is 1310. The first kappa shape index (κ1) is 23.9. The number of aliphatic hydroxyl groups is 1. The van der Waals surface area contributed by atoms with Crippen molar-refractivity contribution >= 4 is 44.8 Å². The van der Waals surface area contributed by atoms with Gasteiger partial charge in [0.15, 0.2) is 0 Å². The smallest absolute Gasteiger partial charge is 0.383 e. The van der Waals surface area contributed by atoms with E-state index in [-0.39, 0.29) is 51.8 Å². The highest BCUT2D eigenvalue weighted by Crippen LogP contribution is 2.51. The molecule has 2 aromatic heterocycles. The molecular formula is C22H21F4N5O3S2. The third-order valence-electron chi connectivity index (χ3n) is 6.83. The molecule has 8 nitrogen and oxygen atoms in total. The van der Waals surface area contributed by atoms with Crippen LogP contribution in [0.25, 0.3) is 20.8 Å². The van der Waals surface area contributed by atoms with Crippen LogP contribution < -0.4 is 16.0 Å². The molecule has 3 saturated heterocycles. The topological polar surface area (TPSA) is 112 Å². The molecule has 3 aliphatic heterocycles. The fourth-order valence-electron chi connectivity index (χ4n) is 5.21. The molecule has 0 saturated carbocycles. The third-order valence-corrected chi connectivity index (χ3v) is 9.06. The number of aromatic nitrogens is 2. The van der Waals surface area contributed by atoms with Gasteiger partial charge in [-0.25, -0.2) is 4.39 Å². The molecule has 6 rings (SSSR count). The molecule has 0 aliphatic carbocycles. The van der Waals surface area contributed by atoms with Crippen molar-refractivity contribution in [1.29, 1.82) is 0 Å². The van der Waals surface area contributed by atoms with Crippen LogP contribution in [0.4, 0.5) is 23.2 Å². The van der Waals surface area contributed by atoms with E-state index < -0.39 is 35.8 Å². The lowest BCUT2D eigenvalue weighted by Gasteiger charge is -2.34. The lowest BCUT2D eigenvalue weighted by atomic mass is 9.97. The Balaban J connectivity index is 1.38. The first-order valence-corrected chi connectivity index (χ1v) is 13.1. The SMILES string of the molecule is O=C1N[C@@H](c2nc(-c3sc4c(N[C@@H]5C[C@H]6CC[C@H](N6)[C@@H]5F)cccc4c3SC(F)(F)F)no2)C[C@H]1O. The molecule has 1 aromatic carbocycles. The van der Waals surface area contributed by atoms with E-state index in [0.29, 0.717) is 22.2 Å². The quantitative estimate of drug-likeness (QED) is 0.281. The number of nitrogens with zero attached hydrogens (tertiary/aromatic N) is 2. The van der Waals surface area contributed by atoms with Crippen LogP contribution in [0, 0.1) is 0 Å². The summed E-state index contributed by atoms with van der Waals surface area (Å²) in [5, 5.41) is 22.9. The zero-order valence-electron chi connectivity index (χ0n) is 18.5. The van der Waals surface area contributed by atoms with Crippen molar-refractivity contribution in [2.24, 2.45) is 0 Å². The Labute approximate surface area is 210 Å². The number of halogens is 4. The largest absolute Gasteiger partial charge is 0.446 e. The van der Waals surface area contributed by atoms with Crippen LogP contribution in [0.15, 0.2) is 27.6 Å². The molecule has 3 aromatic rings. The highest BCUT2D eigenvalue weighted by molar-refractivity contribution is 8.00. The molecule has 14 heteroatoms. The summed E-state index contributed by atoms with van der Waals surface area (Å²) in [4.78, 5) is 15.9. The molecule has 5 heterocycles. The average molecular weight is 544 g/mol. The van der Waals surface area contributed by atoms with E-state index in [2.05, 4.69) is 26.1 Å². The van der Waals surface area contributed by atoms with Gasteiger partial charge >= 0.3 is 5.51 Å². The lowest BCUT2D eigenvalue weighted by Crippen LogP contribution is -2.52. The molecule has 3 fully saturated rings. The molecular weight excluding hydrogens is 522 g/mol. The summed E-state index contributed by atoms with van der Waals surface area (Å²) in [6.45, 7) is 0. The predicted molar refractivity (Wildman–Crippen MR) is 125 cm³/mol. The fourth-order valence-corrected chi connectivity index (χ4v) is 7.31. The van der Waals surface area contributed by atoms with E-state index in [0.717, 1.165) is 24.2 Å². The van der Waals surface area contributed by atoms with Crippen molar-refractivity contribution in [3.8, 4) is 10.7 Å². The first-order chi connectivity index (χ1) is 17.2. The number of nitrogens with one attached hydrogen (secondary N) is 3. The number of carbonyl (C=O) groups is 1. The van der Waals surface area contributed by atoms with Gasteiger partial charge in [0.05, 0.1) is 21.3 Å². The minimum absolute atomic E-state index is 0.000819. The summed E-state index contributed by atoms with van der Waals surface area (Å²) < 4.78 is 61.5. The summed E-state index contributed by atoms with van der Waals surface area (Å²) in [5.41, 5.74) is -4.02. The number of rotatable bonds is 5. The van der Waals surface area contributed by atoms with Gasteiger partial charge in [0.2, 0.25) is 17.6 Å². The fraction of sp³-hybridized carbons (Fsp3) is 0.500. The van der Waals surface area contributed by atoms with E-state index in [4.69, 9.17) is 4.52 Å². The van der Waals surface area contributed by atoms with E-state index in [1.807, 2.05) is 0 Å². The maximum atomic E-state index is 15.0. The van der Waals surface area contributed by atoms with Gasteiger partial charge in [-0.2, -0.15) is 18.2 Å². The van der Waals surface area contributed by atoms with Gasteiger partial charge in [-0.3, -0.25) is 4.79 Å². The third kappa shape index (κ3) is 4.33. The van der Waals surface area contributed by atoms with Gasteiger partial charge < -0.3 is 25.6 Å². The zero-order chi connectivity index (χ0) is 25.2. The number of aliphatic hydroxyl groups excluding tert-OH is 1. The number of thiophene rings is 1. The number of amides is 1. The lowest BCUT2D eigenvalue weighted by molar-refractivity contribution is -0.126. The van der Waals surface area contributed by atoms with Crippen molar-refractivity contribution in [3.05, 3.63) is 24.1 Å². The minimum atomic E-state index is -4.57. The van der Waals surface area contributed by atoms with Gasteiger partial charge in [-0.05, 0) is 37.1 Å². The molecule has 0 spiro atoms. The van der Waals surface area contributed by atoms with E-state index in [1.54, 1.807) is 18.2 Å². The van der Waals surface area contributed by atoms with E-state index >= 15 is 4.39 Å². The maximum Gasteiger partial charge on any atom is 0.446 e.